The fourth-order valence-electron chi connectivity index (χ4n) is 0.177. The summed E-state index contributed by atoms with van der Waals surface area (Å²) in [6.45, 7) is 0. The molecule has 0 bridgehead atoms. The lowest BCUT2D eigenvalue weighted by Crippen LogP contribution is -2.30. The zero-order valence-electron chi connectivity index (χ0n) is 4.13. The van der Waals surface area contributed by atoms with Gasteiger partial charge in [0.2, 0.25) is 6.29 Å². The van der Waals surface area contributed by atoms with Gasteiger partial charge in [-0.2, -0.15) is 0 Å². The van der Waals surface area contributed by atoms with E-state index in [2.05, 4.69) is 0 Å². The zero-order valence-corrected chi connectivity index (χ0v) is 4.13. The van der Waals surface area contributed by atoms with E-state index in [1.54, 1.807) is 0 Å². The summed E-state index contributed by atoms with van der Waals surface area (Å²) in [6.07, 6.45) is 1.15. The molecule has 0 saturated heterocycles. The highest BCUT2D eigenvalue weighted by Crippen LogP contribution is 1.80. The number of carbonyl (C=O) groups is 1. The van der Waals surface area contributed by atoms with Crippen LogP contribution in [-0.2, 0) is 9.59 Å². The zero-order chi connectivity index (χ0) is 6.57. The molecule has 3 N–H and O–H groups in total. The van der Waals surface area contributed by atoms with E-state index in [9.17, 15) is 9.59 Å². The number of aliphatic carboxylic acids is 1. The van der Waals surface area contributed by atoms with Gasteiger partial charge in [0, 0.05) is 6.42 Å². The quantitative estimate of drug-likeness (QED) is 0.490. The maximum atomic E-state index is 9.79. The monoisotopic (exact) mass is 116 g/mol. The summed E-state index contributed by atoms with van der Waals surface area (Å²) in [4.78, 5) is 19.2. The first kappa shape index (κ1) is 7.10. The lowest BCUT2D eigenvalue weighted by Gasteiger charge is -1.95. The van der Waals surface area contributed by atoms with Gasteiger partial charge in [0.25, 0.3) is 0 Å². The highest BCUT2D eigenvalue weighted by Gasteiger charge is 2.09. The summed E-state index contributed by atoms with van der Waals surface area (Å²) >= 11 is 0. The van der Waals surface area contributed by atoms with Crippen LogP contribution in [0.15, 0.2) is 0 Å². The van der Waals surface area contributed by atoms with E-state index >= 15 is 0 Å². The number of hydrogen-bond donors (Lipinski definition) is 2. The minimum Gasteiger partial charge on any atom is -0.480 e. The van der Waals surface area contributed by atoms with Gasteiger partial charge in [-0.05, 0) is 0 Å². The predicted octanol–water partition coefficient (Wildman–Crippen LogP) is -1.10. The standard InChI is InChI=1S/C4H6NO3/c5-3(1-2-6)4(7)8/h3H,1,5H2,(H,7,8). The van der Waals surface area contributed by atoms with E-state index in [0.717, 1.165) is 0 Å². The van der Waals surface area contributed by atoms with Crippen LogP contribution in [0.4, 0.5) is 0 Å². The van der Waals surface area contributed by atoms with Gasteiger partial charge in [-0.15, -0.1) is 0 Å². The van der Waals surface area contributed by atoms with Gasteiger partial charge < -0.3 is 10.8 Å². The van der Waals surface area contributed by atoms with Crippen LogP contribution in [0.1, 0.15) is 6.42 Å². The number of hydrogen-bond acceptors (Lipinski definition) is 3. The number of carboxylic acids is 1. The molecule has 1 unspecified atom stereocenters. The maximum absolute atomic E-state index is 9.79. The third-order valence-electron chi connectivity index (χ3n) is 0.620. The van der Waals surface area contributed by atoms with Crippen molar-refractivity contribution in [2.75, 3.05) is 0 Å². The van der Waals surface area contributed by atoms with Crippen molar-refractivity contribution in [3.05, 3.63) is 0 Å². The van der Waals surface area contributed by atoms with E-state index in [1.807, 2.05) is 0 Å². The Morgan fingerprint density at radius 2 is 2.38 bits per heavy atom. The molecule has 0 aliphatic rings. The molecule has 0 aliphatic carbocycles. The molecule has 0 amide bonds. The van der Waals surface area contributed by atoms with Crippen LogP contribution >= 0.6 is 0 Å². The summed E-state index contributed by atoms with van der Waals surface area (Å²) in [5.41, 5.74) is 4.86. The normalized spacial score (nSPS) is 12.6. The molecule has 0 aliphatic heterocycles. The van der Waals surface area contributed by atoms with Gasteiger partial charge in [-0.3, -0.25) is 9.59 Å². The van der Waals surface area contributed by atoms with Crippen LogP contribution in [0.3, 0.4) is 0 Å². The van der Waals surface area contributed by atoms with Crippen molar-refractivity contribution in [2.45, 2.75) is 12.5 Å². The first-order valence-corrected chi connectivity index (χ1v) is 2.02. The number of nitrogens with two attached hydrogens (primary N) is 1. The number of carboxylic acid groups (broad SMARTS) is 1. The molecule has 0 rings (SSSR count). The van der Waals surface area contributed by atoms with Crippen LogP contribution in [0.25, 0.3) is 0 Å². The molecule has 1 atom stereocenters. The first-order valence-electron chi connectivity index (χ1n) is 2.02. The third-order valence-corrected chi connectivity index (χ3v) is 0.620. The van der Waals surface area contributed by atoms with Crippen LogP contribution in [0.2, 0.25) is 0 Å². The van der Waals surface area contributed by atoms with Crippen molar-refractivity contribution in [1.82, 2.24) is 0 Å². The van der Waals surface area contributed by atoms with Crippen LogP contribution in [0.5, 0.6) is 0 Å². The molecule has 0 aromatic rings. The van der Waals surface area contributed by atoms with Crippen LogP contribution in [0, 0.1) is 0 Å². The van der Waals surface area contributed by atoms with Crippen molar-refractivity contribution < 1.29 is 14.7 Å². The minimum absolute atomic E-state index is 0.241. The number of rotatable bonds is 3. The topological polar surface area (TPSA) is 80.4 Å². The summed E-state index contributed by atoms with van der Waals surface area (Å²) in [6, 6.07) is -1.09. The average molecular weight is 116 g/mol. The Morgan fingerprint density at radius 3 is 2.50 bits per heavy atom. The summed E-state index contributed by atoms with van der Waals surface area (Å²) in [5.74, 6) is -1.17. The Morgan fingerprint density at radius 1 is 1.88 bits per heavy atom. The maximum Gasteiger partial charge on any atom is 0.320 e. The molecule has 8 heavy (non-hydrogen) atoms. The summed E-state index contributed by atoms with van der Waals surface area (Å²) in [5, 5.41) is 8.01. The molecule has 4 heteroatoms. The van der Waals surface area contributed by atoms with E-state index in [1.165, 1.54) is 6.29 Å². The van der Waals surface area contributed by atoms with Crippen LogP contribution < -0.4 is 5.73 Å². The highest BCUT2D eigenvalue weighted by atomic mass is 16.4. The van der Waals surface area contributed by atoms with E-state index in [-0.39, 0.29) is 6.42 Å². The molecule has 4 nitrogen and oxygen atoms in total. The molecular formula is C4H6NO3. The largest absolute Gasteiger partial charge is 0.480 e. The molecule has 0 saturated carbocycles. The highest BCUT2D eigenvalue weighted by molar-refractivity contribution is 5.76. The van der Waals surface area contributed by atoms with Crippen molar-refractivity contribution in [2.24, 2.45) is 5.73 Å². The smallest absolute Gasteiger partial charge is 0.320 e. The van der Waals surface area contributed by atoms with Gasteiger partial charge in [0.1, 0.15) is 6.04 Å². The minimum atomic E-state index is -1.17. The van der Waals surface area contributed by atoms with Crippen molar-refractivity contribution in [1.29, 1.82) is 0 Å². The SMILES string of the molecule is NC(C[C]=O)C(=O)O. The number of carbonyl (C=O) groups excluding carboxylic acids is 1. The second-order valence-electron chi connectivity index (χ2n) is 1.29. The Kier molecular flexibility index (Phi) is 2.79. The van der Waals surface area contributed by atoms with Gasteiger partial charge >= 0.3 is 5.97 Å². The van der Waals surface area contributed by atoms with E-state index in [0.29, 0.717) is 0 Å². The molecule has 0 fully saturated rings. The lowest BCUT2D eigenvalue weighted by atomic mass is 10.2. The van der Waals surface area contributed by atoms with Gasteiger partial charge in [-0.25, -0.2) is 0 Å². The van der Waals surface area contributed by atoms with Crippen molar-refractivity contribution in [3.8, 4) is 0 Å². The fraction of sp³-hybridized carbons (Fsp3) is 0.500. The average Bonchev–Trinajstić information content (AvgIpc) is 1.67. The van der Waals surface area contributed by atoms with Gasteiger partial charge in [0.05, 0.1) is 0 Å². The summed E-state index contributed by atoms with van der Waals surface area (Å²) in [7, 11) is 0. The molecule has 45 valence electrons. The second kappa shape index (κ2) is 3.15. The van der Waals surface area contributed by atoms with Crippen LogP contribution in [-0.4, -0.2) is 23.4 Å². The fourth-order valence-corrected chi connectivity index (χ4v) is 0.177. The molecule has 1 radical (unpaired) electrons. The van der Waals surface area contributed by atoms with E-state index in [4.69, 9.17) is 10.8 Å². The van der Waals surface area contributed by atoms with Gasteiger partial charge in [-0.1, -0.05) is 0 Å². The molecule has 0 spiro atoms. The van der Waals surface area contributed by atoms with Crippen molar-refractivity contribution in [3.63, 3.8) is 0 Å². The molecule has 0 aromatic carbocycles. The van der Waals surface area contributed by atoms with Crippen molar-refractivity contribution >= 4 is 12.3 Å². The predicted molar refractivity (Wildman–Crippen MR) is 25.9 cm³/mol. The Balaban J connectivity index is 3.46. The Hall–Kier alpha value is -0.900. The lowest BCUT2D eigenvalue weighted by molar-refractivity contribution is -0.138. The Bertz CT molecular complexity index is 101. The van der Waals surface area contributed by atoms with Gasteiger partial charge in [0.15, 0.2) is 0 Å². The third kappa shape index (κ3) is 2.30. The molecule has 0 heterocycles. The molecular weight excluding hydrogens is 110 g/mol. The second-order valence-corrected chi connectivity index (χ2v) is 1.29. The first-order chi connectivity index (χ1) is 3.68. The van der Waals surface area contributed by atoms with E-state index < -0.39 is 12.0 Å². The molecule has 0 aromatic heterocycles. The Labute approximate surface area is 46.3 Å². The summed E-state index contributed by atoms with van der Waals surface area (Å²) < 4.78 is 0.